The van der Waals surface area contributed by atoms with Gasteiger partial charge >= 0.3 is 0 Å². The van der Waals surface area contributed by atoms with Crippen LogP contribution in [0.2, 0.25) is 0 Å². The molecule has 1 aromatic rings. The van der Waals surface area contributed by atoms with E-state index in [1.54, 1.807) is 7.05 Å². The van der Waals surface area contributed by atoms with Crippen molar-refractivity contribution in [2.24, 2.45) is 12.5 Å². The Bertz CT molecular complexity index is 404. The summed E-state index contributed by atoms with van der Waals surface area (Å²) in [6.45, 7) is 3.89. The van der Waals surface area contributed by atoms with Crippen LogP contribution in [-0.2, 0) is 11.8 Å². The Morgan fingerprint density at radius 1 is 1.50 bits per heavy atom. The van der Waals surface area contributed by atoms with E-state index in [2.05, 4.69) is 33.0 Å². The van der Waals surface area contributed by atoms with Crippen LogP contribution >= 0.6 is 0 Å². The van der Waals surface area contributed by atoms with Gasteiger partial charge in [-0.2, -0.15) is 4.80 Å². The molecule has 1 saturated heterocycles. The smallest absolute Gasteiger partial charge is 0.270 e. The Balaban J connectivity index is 2.08. The zero-order valence-corrected chi connectivity index (χ0v) is 10.9. The van der Waals surface area contributed by atoms with Crippen LogP contribution in [0.4, 0.5) is 5.95 Å². The van der Waals surface area contributed by atoms with Gasteiger partial charge in [0.25, 0.3) is 5.95 Å². The van der Waals surface area contributed by atoms with E-state index in [4.69, 9.17) is 0 Å². The minimum atomic E-state index is -0.279. The van der Waals surface area contributed by atoms with E-state index in [9.17, 15) is 4.79 Å². The fourth-order valence-electron chi connectivity index (χ4n) is 2.54. The average molecular weight is 252 g/mol. The summed E-state index contributed by atoms with van der Waals surface area (Å²) < 4.78 is 0. The van der Waals surface area contributed by atoms with Crippen molar-refractivity contribution in [3.05, 3.63) is 0 Å². The second-order valence-electron chi connectivity index (χ2n) is 4.84. The standard InChI is InChI=1S/C11H20N6O/c1-3-4-11(5-7-12-8-6-11)9(18)13-10-14-16-17(2)15-10/h12H,3-8H2,1-2H3,(H,13,15,18). The van der Waals surface area contributed by atoms with E-state index < -0.39 is 0 Å². The summed E-state index contributed by atoms with van der Waals surface area (Å²) in [7, 11) is 1.68. The van der Waals surface area contributed by atoms with Crippen molar-refractivity contribution in [3.63, 3.8) is 0 Å². The maximum absolute atomic E-state index is 12.4. The molecule has 18 heavy (non-hydrogen) atoms. The Labute approximate surface area is 106 Å². The molecule has 0 bridgehead atoms. The van der Waals surface area contributed by atoms with Crippen molar-refractivity contribution >= 4 is 11.9 Å². The van der Waals surface area contributed by atoms with Crippen LogP contribution in [0, 0.1) is 5.41 Å². The molecule has 0 unspecified atom stereocenters. The lowest BCUT2D eigenvalue weighted by molar-refractivity contribution is -0.127. The van der Waals surface area contributed by atoms with Gasteiger partial charge in [0.1, 0.15) is 0 Å². The molecule has 0 radical (unpaired) electrons. The zero-order chi connectivity index (χ0) is 13.0. The quantitative estimate of drug-likeness (QED) is 0.806. The molecule has 1 fully saturated rings. The molecule has 2 heterocycles. The van der Waals surface area contributed by atoms with Crippen LogP contribution in [0.3, 0.4) is 0 Å². The number of piperidine rings is 1. The van der Waals surface area contributed by atoms with Gasteiger partial charge in [-0.25, -0.2) is 0 Å². The predicted molar refractivity (Wildman–Crippen MR) is 66.9 cm³/mol. The Kier molecular flexibility index (Phi) is 3.90. The molecule has 0 aromatic carbocycles. The van der Waals surface area contributed by atoms with Crippen molar-refractivity contribution in [3.8, 4) is 0 Å². The Morgan fingerprint density at radius 2 is 2.22 bits per heavy atom. The summed E-state index contributed by atoms with van der Waals surface area (Å²) in [4.78, 5) is 13.8. The number of aromatic nitrogens is 4. The predicted octanol–water partition coefficient (Wildman–Crippen LogP) is 0.318. The highest BCUT2D eigenvalue weighted by molar-refractivity contribution is 5.93. The fourth-order valence-corrected chi connectivity index (χ4v) is 2.54. The summed E-state index contributed by atoms with van der Waals surface area (Å²) in [6.07, 6.45) is 3.64. The molecule has 7 nitrogen and oxygen atoms in total. The van der Waals surface area contributed by atoms with Crippen LogP contribution < -0.4 is 10.6 Å². The largest absolute Gasteiger partial charge is 0.317 e. The van der Waals surface area contributed by atoms with E-state index in [0.29, 0.717) is 0 Å². The zero-order valence-electron chi connectivity index (χ0n) is 10.9. The Hall–Kier alpha value is -1.50. The minimum absolute atomic E-state index is 0.0267. The third kappa shape index (κ3) is 2.66. The lowest BCUT2D eigenvalue weighted by Gasteiger charge is -2.35. The fraction of sp³-hybridized carbons (Fsp3) is 0.818. The molecular weight excluding hydrogens is 232 g/mol. The van der Waals surface area contributed by atoms with Gasteiger partial charge in [0.2, 0.25) is 5.91 Å². The maximum Gasteiger partial charge on any atom is 0.270 e. The molecule has 1 amide bonds. The number of rotatable bonds is 4. The number of carbonyl (C=O) groups excluding carboxylic acids is 1. The van der Waals surface area contributed by atoms with Gasteiger partial charge in [0.15, 0.2) is 0 Å². The van der Waals surface area contributed by atoms with Crippen molar-refractivity contribution in [2.75, 3.05) is 18.4 Å². The molecule has 1 aromatic heterocycles. The minimum Gasteiger partial charge on any atom is -0.317 e. The molecular formula is C11H20N6O. The van der Waals surface area contributed by atoms with Crippen molar-refractivity contribution < 1.29 is 4.79 Å². The van der Waals surface area contributed by atoms with E-state index in [1.807, 2.05) is 0 Å². The van der Waals surface area contributed by atoms with Crippen molar-refractivity contribution in [1.82, 2.24) is 25.5 Å². The third-order valence-electron chi connectivity index (χ3n) is 3.50. The lowest BCUT2D eigenvalue weighted by Crippen LogP contribution is -2.45. The first kappa shape index (κ1) is 12.9. The highest BCUT2D eigenvalue weighted by atomic mass is 16.2. The molecule has 1 aliphatic heterocycles. The van der Waals surface area contributed by atoms with Crippen molar-refractivity contribution in [2.45, 2.75) is 32.6 Å². The Morgan fingerprint density at radius 3 is 2.78 bits per heavy atom. The normalized spacial score (nSPS) is 18.6. The van der Waals surface area contributed by atoms with Gasteiger partial charge in [-0.05, 0) is 37.6 Å². The van der Waals surface area contributed by atoms with Crippen LogP contribution in [0.1, 0.15) is 32.6 Å². The number of nitrogens with one attached hydrogen (secondary N) is 2. The van der Waals surface area contributed by atoms with E-state index in [-0.39, 0.29) is 17.3 Å². The molecule has 0 spiro atoms. The molecule has 7 heteroatoms. The first-order valence-corrected chi connectivity index (χ1v) is 6.42. The SMILES string of the molecule is CCCC1(C(=O)Nc2nnn(C)n2)CCNCC1. The van der Waals surface area contributed by atoms with Crippen LogP contribution in [-0.4, -0.2) is 39.2 Å². The van der Waals surface area contributed by atoms with Gasteiger partial charge in [-0.3, -0.25) is 10.1 Å². The molecule has 0 aliphatic carbocycles. The van der Waals surface area contributed by atoms with Crippen LogP contribution in [0.15, 0.2) is 0 Å². The number of amides is 1. The van der Waals surface area contributed by atoms with E-state index in [1.165, 1.54) is 4.80 Å². The highest BCUT2D eigenvalue weighted by Crippen LogP contribution is 2.34. The van der Waals surface area contributed by atoms with E-state index in [0.717, 1.165) is 38.8 Å². The summed E-state index contributed by atoms with van der Waals surface area (Å²) in [5, 5.41) is 17.6. The van der Waals surface area contributed by atoms with Gasteiger partial charge < -0.3 is 5.32 Å². The molecule has 0 atom stereocenters. The lowest BCUT2D eigenvalue weighted by atomic mass is 9.74. The van der Waals surface area contributed by atoms with E-state index >= 15 is 0 Å². The number of nitrogens with zero attached hydrogens (tertiary/aromatic N) is 4. The number of hydrogen-bond acceptors (Lipinski definition) is 5. The number of aryl methyl sites for hydroxylation is 1. The van der Waals surface area contributed by atoms with Gasteiger partial charge in [0.05, 0.1) is 12.5 Å². The second-order valence-corrected chi connectivity index (χ2v) is 4.84. The monoisotopic (exact) mass is 252 g/mol. The highest BCUT2D eigenvalue weighted by Gasteiger charge is 2.38. The number of anilines is 1. The van der Waals surface area contributed by atoms with Gasteiger partial charge in [-0.15, -0.1) is 5.10 Å². The summed E-state index contributed by atoms with van der Waals surface area (Å²) in [5.74, 6) is 0.315. The molecule has 100 valence electrons. The molecule has 1 aliphatic rings. The molecule has 2 N–H and O–H groups in total. The summed E-state index contributed by atoms with van der Waals surface area (Å²) in [6, 6.07) is 0. The van der Waals surface area contributed by atoms with Crippen LogP contribution in [0.25, 0.3) is 0 Å². The van der Waals surface area contributed by atoms with Crippen LogP contribution in [0.5, 0.6) is 0 Å². The third-order valence-corrected chi connectivity index (χ3v) is 3.50. The molecule has 2 rings (SSSR count). The average Bonchev–Trinajstić information content (AvgIpc) is 2.76. The van der Waals surface area contributed by atoms with Gasteiger partial charge in [-0.1, -0.05) is 18.4 Å². The molecule has 0 saturated carbocycles. The second kappa shape index (κ2) is 5.43. The first-order valence-electron chi connectivity index (χ1n) is 6.42. The number of hydrogen-bond donors (Lipinski definition) is 2. The van der Waals surface area contributed by atoms with Gasteiger partial charge in [0, 0.05) is 0 Å². The summed E-state index contributed by atoms with van der Waals surface area (Å²) in [5.41, 5.74) is -0.279. The number of tetrazole rings is 1. The first-order chi connectivity index (χ1) is 8.66. The number of carbonyl (C=O) groups is 1. The maximum atomic E-state index is 12.4. The summed E-state index contributed by atoms with van der Waals surface area (Å²) >= 11 is 0. The van der Waals surface area contributed by atoms with Crippen molar-refractivity contribution in [1.29, 1.82) is 0 Å². The topological polar surface area (TPSA) is 84.7 Å².